The first kappa shape index (κ1) is 10.1. The van der Waals surface area contributed by atoms with Crippen LogP contribution in [0.4, 0.5) is 11.4 Å². The molecule has 14 heavy (non-hydrogen) atoms. The van der Waals surface area contributed by atoms with Gasteiger partial charge < -0.3 is 16.2 Å². The van der Waals surface area contributed by atoms with Gasteiger partial charge in [-0.25, -0.2) is 4.79 Å². The molecule has 0 aliphatic heterocycles. The summed E-state index contributed by atoms with van der Waals surface area (Å²) in [5.74, 6) is -0.470. The van der Waals surface area contributed by atoms with Crippen LogP contribution in [0, 0.1) is 0 Å². The van der Waals surface area contributed by atoms with Crippen molar-refractivity contribution in [1.29, 1.82) is 0 Å². The summed E-state index contributed by atoms with van der Waals surface area (Å²) in [6.45, 7) is 3.60. The van der Waals surface area contributed by atoms with Crippen LogP contribution in [0.15, 0.2) is 30.9 Å². The maximum absolute atomic E-state index is 11.3. The first-order chi connectivity index (χ1) is 6.65. The van der Waals surface area contributed by atoms with E-state index in [1.54, 1.807) is 6.07 Å². The van der Waals surface area contributed by atoms with E-state index in [4.69, 9.17) is 16.2 Å². The number of nitrogen functional groups attached to an aromatic ring is 2. The standard InChI is InChI=1S/C10H12N2O2/c1-2-5-14-10(13)8-4-3-7(11)6-9(8)12/h2-4,6H,1,5,11-12H2. The lowest BCUT2D eigenvalue weighted by Crippen LogP contribution is -2.08. The fraction of sp³-hybridized carbons (Fsp3) is 0.100. The van der Waals surface area contributed by atoms with E-state index in [1.807, 2.05) is 0 Å². The largest absolute Gasteiger partial charge is 0.458 e. The van der Waals surface area contributed by atoms with Crippen molar-refractivity contribution in [2.45, 2.75) is 0 Å². The first-order valence-electron chi connectivity index (χ1n) is 4.08. The number of esters is 1. The van der Waals surface area contributed by atoms with Gasteiger partial charge in [-0.3, -0.25) is 0 Å². The van der Waals surface area contributed by atoms with Crippen molar-refractivity contribution in [1.82, 2.24) is 0 Å². The topological polar surface area (TPSA) is 78.3 Å². The number of hydrogen-bond acceptors (Lipinski definition) is 4. The van der Waals surface area contributed by atoms with Crippen molar-refractivity contribution in [3.05, 3.63) is 36.4 Å². The molecule has 0 radical (unpaired) electrons. The smallest absolute Gasteiger partial charge is 0.340 e. The highest BCUT2D eigenvalue weighted by atomic mass is 16.5. The number of nitrogens with two attached hydrogens (primary N) is 2. The maximum atomic E-state index is 11.3. The average Bonchev–Trinajstić information content (AvgIpc) is 2.14. The van der Waals surface area contributed by atoms with Gasteiger partial charge in [0.05, 0.1) is 5.56 Å². The molecule has 0 saturated carbocycles. The minimum absolute atomic E-state index is 0.169. The number of anilines is 2. The Hall–Kier alpha value is -1.97. The molecule has 4 N–H and O–H groups in total. The van der Waals surface area contributed by atoms with E-state index in [2.05, 4.69) is 6.58 Å². The van der Waals surface area contributed by atoms with E-state index < -0.39 is 5.97 Å². The molecule has 1 aromatic carbocycles. The minimum atomic E-state index is -0.470. The van der Waals surface area contributed by atoms with E-state index in [9.17, 15) is 4.79 Å². The molecule has 0 aromatic heterocycles. The Morgan fingerprint density at radius 2 is 2.21 bits per heavy atom. The zero-order valence-electron chi connectivity index (χ0n) is 7.69. The van der Waals surface area contributed by atoms with Crippen LogP contribution in [0.1, 0.15) is 10.4 Å². The van der Waals surface area contributed by atoms with E-state index >= 15 is 0 Å². The third-order valence-electron chi connectivity index (χ3n) is 1.63. The van der Waals surface area contributed by atoms with E-state index in [-0.39, 0.29) is 6.61 Å². The Morgan fingerprint density at radius 1 is 1.50 bits per heavy atom. The molecule has 0 aliphatic rings. The molecule has 0 amide bonds. The fourth-order valence-corrected chi connectivity index (χ4v) is 0.979. The summed E-state index contributed by atoms with van der Waals surface area (Å²) in [5, 5.41) is 0. The van der Waals surface area contributed by atoms with E-state index in [1.165, 1.54) is 18.2 Å². The third kappa shape index (κ3) is 2.26. The Morgan fingerprint density at radius 3 is 2.79 bits per heavy atom. The van der Waals surface area contributed by atoms with Crippen LogP contribution in [-0.2, 0) is 4.74 Å². The number of ether oxygens (including phenoxy) is 1. The van der Waals surface area contributed by atoms with Crippen LogP contribution < -0.4 is 11.5 Å². The number of hydrogen-bond donors (Lipinski definition) is 2. The van der Waals surface area contributed by atoms with Crippen molar-refractivity contribution < 1.29 is 9.53 Å². The van der Waals surface area contributed by atoms with Crippen LogP contribution in [0.25, 0.3) is 0 Å². The van der Waals surface area contributed by atoms with Crippen LogP contribution >= 0.6 is 0 Å². The lowest BCUT2D eigenvalue weighted by atomic mass is 10.1. The number of benzene rings is 1. The summed E-state index contributed by atoms with van der Waals surface area (Å²) < 4.78 is 4.82. The van der Waals surface area contributed by atoms with Gasteiger partial charge in [-0.2, -0.15) is 0 Å². The van der Waals surface area contributed by atoms with Crippen molar-refractivity contribution in [2.24, 2.45) is 0 Å². The van der Waals surface area contributed by atoms with Gasteiger partial charge in [-0.15, -0.1) is 0 Å². The zero-order chi connectivity index (χ0) is 10.6. The Bertz CT molecular complexity index is 361. The monoisotopic (exact) mass is 192 g/mol. The molecule has 0 fully saturated rings. The number of carbonyl (C=O) groups excluding carboxylic acids is 1. The molecule has 0 aliphatic carbocycles. The molecular weight excluding hydrogens is 180 g/mol. The predicted molar refractivity (Wildman–Crippen MR) is 55.7 cm³/mol. The number of carbonyl (C=O) groups is 1. The summed E-state index contributed by atoms with van der Waals surface area (Å²) in [6, 6.07) is 4.65. The minimum Gasteiger partial charge on any atom is -0.458 e. The molecule has 0 saturated heterocycles. The van der Waals surface area contributed by atoms with Gasteiger partial charge >= 0.3 is 5.97 Å². The first-order valence-corrected chi connectivity index (χ1v) is 4.08. The van der Waals surface area contributed by atoms with Gasteiger partial charge in [0.1, 0.15) is 6.61 Å². The quantitative estimate of drug-likeness (QED) is 0.428. The molecular formula is C10H12N2O2. The zero-order valence-corrected chi connectivity index (χ0v) is 7.69. The van der Waals surface area contributed by atoms with E-state index in [0.29, 0.717) is 16.9 Å². The van der Waals surface area contributed by atoms with Crippen molar-refractivity contribution in [3.63, 3.8) is 0 Å². The predicted octanol–water partition coefficient (Wildman–Crippen LogP) is 1.19. The highest BCUT2D eigenvalue weighted by Gasteiger charge is 2.09. The molecule has 74 valence electrons. The molecule has 4 heteroatoms. The normalized spacial score (nSPS) is 9.43. The number of rotatable bonds is 3. The van der Waals surface area contributed by atoms with Crippen molar-refractivity contribution in [3.8, 4) is 0 Å². The summed E-state index contributed by atoms with van der Waals surface area (Å²) in [7, 11) is 0. The van der Waals surface area contributed by atoms with Crippen LogP contribution in [0.2, 0.25) is 0 Å². The fourth-order valence-electron chi connectivity index (χ4n) is 0.979. The SMILES string of the molecule is C=CCOC(=O)c1ccc(N)cc1N. The molecule has 0 atom stereocenters. The molecule has 0 bridgehead atoms. The Kier molecular flexibility index (Phi) is 3.12. The summed E-state index contributed by atoms with van der Waals surface area (Å²) >= 11 is 0. The summed E-state index contributed by atoms with van der Waals surface area (Å²) in [4.78, 5) is 11.3. The molecule has 0 heterocycles. The Balaban J connectivity index is 2.84. The molecule has 0 unspecified atom stereocenters. The second-order valence-electron chi connectivity index (χ2n) is 2.73. The van der Waals surface area contributed by atoms with Gasteiger partial charge in [0, 0.05) is 11.4 Å². The van der Waals surface area contributed by atoms with Gasteiger partial charge in [0.15, 0.2) is 0 Å². The lowest BCUT2D eigenvalue weighted by molar-refractivity contribution is 0.0551. The van der Waals surface area contributed by atoms with Crippen molar-refractivity contribution >= 4 is 17.3 Å². The lowest BCUT2D eigenvalue weighted by Gasteiger charge is -2.05. The van der Waals surface area contributed by atoms with Crippen LogP contribution in [0.3, 0.4) is 0 Å². The average molecular weight is 192 g/mol. The van der Waals surface area contributed by atoms with Crippen LogP contribution in [-0.4, -0.2) is 12.6 Å². The second-order valence-corrected chi connectivity index (χ2v) is 2.73. The highest BCUT2D eigenvalue weighted by Crippen LogP contribution is 2.16. The maximum Gasteiger partial charge on any atom is 0.340 e. The van der Waals surface area contributed by atoms with Gasteiger partial charge in [0.25, 0.3) is 0 Å². The molecule has 0 spiro atoms. The summed E-state index contributed by atoms with van der Waals surface area (Å²) in [6.07, 6.45) is 1.49. The molecule has 4 nitrogen and oxygen atoms in total. The van der Waals surface area contributed by atoms with Crippen LogP contribution in [0.5, 0.6) is 0 Å². The van der Waals surface area contributed by atoms with Gasteiger partial charge in [-0.1, -0.05) is 12.7 Å². The van der Waals surface area contributed by atoms with Crippen molar-refractivity contribution in [2.75, 3.05) is 18.1 Å². The summed E-state index contributed by atoms with van der Waals surface area (Å²) in [5.41, 5.74) is 12.2. The van der Waals surface area contributed by atoms with E-state index in [0.717, 1.165) is 0 Å². The molecule has 1 aromatic rings. The molecule has 1 rings (SSSR count). The van der Waals surface area contributed by atoms with Gasteiger partial charge in [-0.05, 0) is 18.2 Å². The second kappa shape index (κ2) is 4.32. The van der Waals surface area contributed by atoms with Gasteiger partial charge in [0.2, 0.25) is 0 Å². The Labute approximate surface area is 82.2 Å². The third-order valence-corrected chi connectivity index (χ3v) is 1.63. The highest BCUT2D eigenvalue weighted by molar-refractivity contribution is 5.95.